The molecule has 1 aromatic rings. The minimum Gasteiger partial charge on any atom is -0.497 e. The summed E-state index contributed by atoms with van der Waals surface area (Å²) in [5.74, 6) is 0.873. The van der Waals surface area contributed by atoms with Gasteiger partial charge in [-0.25, -0.2) is 0 Å². The summed E-state index contributed by atoms with van der Waals surface area (Å²) in [6.07, 6.45) is 7.81. The van der Waals surface area contributed by atoms with Crippen LogP contribution in [0, 0.1) is 5.41 Å². The molecule has 0 atom stereocenters. The Hall–Kier alpha value is -1.31. The summed E-state index contributed by atoms with van der Waals surface area (Å²) >= 11 is 0. The van der Waals surface area contributed by atoms with E-state index in [4.69, 9.17) is 4.74 Å². The second-order valence-electron chi connectivity index (χ2n) is 5.07. The molecule has 1 saturated carbocycles. The van der Waals surface area contributed by atoms with Gasteiger partial charge in [-0.3, -0.25) is 0 Å². The molecule has 0 heterocycles. The molecule has 0 N–H and O–H groups in total. The summed E-state index contributed by atoms with van der Waals surface area (Å²) in [4.78, 5) is 11.4. The van der Waals surface area contributed by atoms with Crippen LogP contribution in [0.5, 0.6) is 5.75 Å². The molecule has 0 amide bonds. The van der Waals surface area contributed by atoms with Crippen molar-refractivity contribution in [3.8, 4) is 5.75 Å². The summed E-state index contributed by atoms with van der Waals surface area (Å²) in [6.45, 7) is 0. The Balaban J connectivity index is 2.09. The number of rotatable bonds is 4. The lowest BCUT2D eigenvalue weighted by Gasteiger charge is -2.32. The van der Waals surface area contributed by atoms with Crippen LogP contribution in [0.4, 0.5) is 0 Å². The van der Waals surface area contributed by atoms with Gasteiger partial charge in [0.2, 0.25) is 0 Å². The van der Waals surface area contributed by atoms with E-state index >= 15 is 0 Å². The van der Waals surface area contributed by atoms with Crippen LogP contribution in [0.3, 0.4) is 0 Å². The van der Waals surface area contributed by atoms with Crippen molar-refractivity contribution >= 4 is 6.29 Å². The normalized spacial score (nSPS) is 18.6. The van der Waals surface area contributed by atoms with E-state index in [1.807, 2.05) is 12.1 Å². The molecule has 1 aliphatic carbocycles. The second-order valence-corrected chi connectivity index (χ2v) is 5.07. The summed E-state index contributed by atoms with van der Waals surface area (Å²) in [6, 6.07) is 8.07. The molecule has 2 heteroatoms. The molecule has 1 aromatic carbocycles. The minimum atomic E-state index is -0.104. The topological polar surface area (TPSA) is 26.3 Å². The molecule has 1 fully saturated rings. The van der Waals surface area contributed by atoms with Gasteiger partial charge < -0.3 is 9.53 Å². The van der Waals surface area contributed by atoms with E-state index in [2.05, 4.69) is 12.1 Å². The molecule has 0 unspecified atom stereocenters. The van der Waals surface area contributed by atoms with Crippen LogP contribution in [0.1, 0.15) is 37.7 Å². The number of benzene rings is 1. The third-order valence-corrected chi connectivity index (χ3v) is 3.81. The highest BCUT2D eigenvalue weighted by molar-refractivity contribution is 5.60. The lowest BCUT2D eigenvalue weighted by molar-refractivity contribution is -0.117. The van der Waals surface area contributed by atoms with Crippen molar-refractivity contribution in [3.05, 3.63) is 29.8 Å². The van der Waals surface area contributed by atoms with Crippen molar-refractivity contribution in [2.45, 2.75) is 38.5 Å². The molecular formula is C15H20O2. The Morgan fingerprint density at radius 3 is 2.35 bits per heavy atom. The zero-order valence-corrected chi connectivity index (χ0v) is 10.4. The van der Waals surface area contributed by atoms with E-state index in [-0.39, 0.29) is 5.41 Å². The summed E-state index contributed by atoms with van der Waals surface area (Å²) in [5, 5.41) is 0. The quantitative estimate of drug-likeness (QED) is 0.744. The average Bonchev–Trinajstić information content (AvgIpc) is 2.41. The zero-order valence-electron chi connectivity index (χ0n) is 10.4. The molecule has 0 bridgehead atoms. The van der Waals surface area contributed by atoms with Gasteiger partial charge in [0, 0.05) is 5.41 Å². The van der Waals surface area contributed by atoms with Gasteiger partial charge in [0.1, 0.15) is 12.0 Å². The van der Waals surface area contributed by atoms with Crippen LogP contribution in [-0.2, 0) is 11.2 Å². The first kappa shape index (κ1) is 12.2. The molecule has 0 aliphatic heterocycles. The number of methoxy groups -OCH3 is 1. The fourth-order valence-electron chi connectivity index (χ4n) is 2.74. The van der Waals surface area contributed by atoms with Crippen molar-refractivity contribution in [2.75, 3.05) is 7.11 Å². The second kappa shape index (κ2) is 5.35. The molecule has 92 valence electrons. The van der Waals surface area contributed by atoms with E-state index in [9.17, 15) is 4.79 Å². The Morgan fingerprint density at radius 2 is 1.82 bits per heavy atom. The smallest absolute Gasteiger partial charge is 0.126 e. The maximum atomic E-state index is 11.4. The molecule has 17 heavy (non-hydrogen) atoms. The standard InChI is InChI=1S/C15H20O2/c1-17-14-7-5-13(6-8-14)11-15(12-16)9-3-2-4-10-15/h5-8,12H,2-4,9-11H2,1H3. The molecule has 0 aromatic heterocycles. The largest absolute Gasteiger partial charge is 0.497 e. The van der Waals surface area contributed by atoms with Gasteiger partial charge in [-0.2, -0.15) is 0 Å². The van der Waals surface area contributed by atoms with Crippen molar-refractivity contribution in [1.29, 1.82) is 0 Å². The van der Waals surface area contributed by atoms with Crippen LogP contribution < -0.4 is 4.74 Å². The van der Waals surface area contributed by atoms with Crippen molar-refractivity contribution < 1.29 is 9.53 Å². The number of carbonyl (C=O) groups excluding carboxylic acids is 1. The monoisotopic (exact) mass is 232 g/mol. The van der Waals surface area contributed by atoms with Crippen molar-refractivity contribution in [3.63, 3.8) is 0 Å². The van der Waals surface area contributed by atoms with E-state index in [1.54, 1.807) is 7.11 Å². The van der Waals surface area contributed by atoms with Gasteiger partial charge in [0.15, 0.2) is 0 Å². The molecule has 0 spiro atoms. The first-order chi connectivity index (χ1) is 8.28. The Kier molecular flexibility index (Phi) is 3.82. The predicted octanol–water partition coefficient (Wildman–Crippen LogP) is 3.39. The lowest BCUT2D eigenvalue weighted by Crippen LogP contribution is -2.28. The van der Waals surface area contributed by atoms with Crippen molar-refractivity contribution in [1.82, 2.24) is 0 Å². The SMILES string of the molecule is COc1ccc(CC2(C=O)CCCCC2)cc1. The highest BCUT2D eigenvalue weighted by Gasteiger charge is 2.31. The zero-order chi connectivity index (χ0) is 12.1. The van der Waals surface area contributed by atoms with Gasteiger partial charge >= 0.3 is 0 Å². The van der Waals surface area contributed by atoms with Gasteiger partial charge in [-0.15, -0.1) is 0 Å². The maximum absolute atomic E-state index is 11.4. The lowest BCUT2D eigenvalue weighted by atomic mass is 9.71. The number of hydrogen-bond donors (Lipinski definition) is 0. The minimum absolute atomic E-state index is 0.104. The highest BCUT2D eigenvalue weighted by atomic mass is 16.5. The van der Waals surface area contributed by atoms with Crippen molar-refractivity contribution in [2.24, 2.45) is 5.41 Å². The van der Waals surface area contributed by atoms with E-state index in [0.29, 0.717) is 0 Å². The molecular weight excluding hydrogens is 212 g/mol. The molecule has 0 saturated heterocycles. The van der Waals surface area contributed by atoms with E-state index < -0.39 is 0 Å². The van der Waals surface area contributed by atoms with Gasteiger partial charge in [-0.1, -0.05) is 31.4 Å². The van der Waals surface area contributed by atoms with Crippen LogP contribution in [-0.4, -0.2) is 13.4 Å². The number of aldehydes is 1. The van der Waals surface area contributed by atoms with Crippen LogP contribution >= 0.6 is 0 Å². The van der Waals surface area contributed by atoms with Crippen LogP contribution in [0.2, 0.25) is 0 Å². The average molecular weight is 232 g/mol. The third-order valence-electron chi connectivity index (χ3n) is 3.81. The fourth-order valence-corrected chi connectivity index (χ4v) is 2.74. The third kappa shape index (κ3) is 2.87. The van der Waals surface area contributed by atoms with E-state index in [0.717, 1.165) is 25.0 Å². The molecule has 2 rings (SSSR count). The first-order valence-corrected chi connectivity index (χ1v) is 6.37. The van der Waals surface area contributed by atoms with Crippen LogP contribution in [0.15, 0.2) is 24.3 Å². The van der Waals surface area contributed by atoms with Gasteiger partial charge in [-0.05, 0) is 37.0 Å². The number of hydrogen-bond acceptors (Lipinski definition) is 2. The Bertz CT molecular complexity index is 361. The Labute approximate surface area is 103 Å². The summed E-state index contributed by atoms with van der Waals surface area (Å²) in [5.41, 5.74) is 1.13. The van der Waals surface area contributed by atoms with Gasteiger partial charge in [0.25, 0.3) is 0 Å². The summed E-state index contributed by atoms with van der Waals surface area (Å²) < 4.78 is 5.14. The first-order valence-electron chi connectivity index (χ1n) is 6.37. The Morgan fingerprint density at radius 1 is 1.18 bits per heavy atom. The number of carbonyl (C=O) groups is 1. The van der Waals surface area contributed by atoms with Crippen LogP contribution in [0.25, 0.3) is 0 Å². The maximum Gasteiger partial charge on any atom is 0.126 e. The summed E-state index contributed by atoms with van der Waals surface area (Å²) in [7, 11) is 1.67. The molecule has 1 aliphatic rings. The fraction of sp³-hybridized carbons (Fsp3) is 0.533. The molecule has 0 radical (unpaired) electrons. The highest BCUT2D eigenvalue weighted by Crippen LogP contribution is 2.37. The number of ether oxygens (including phenoxy) is 1. The van der Waals surface area contributed by atoms with E-state index in [1.165, 1.54) is 31.1 Å². The predicted molar refractivity (Wildman–Crippen MR) is 68.3 cm³/mol. The molecule has 2 nitrogen and oxygen atoms in total. The van der Waals surface area contributed by atoms with Gasteiger partial charge in [0.05, 0.1) is 7.11 Å².